The van der Waals surface area contributed by atoms with E-state index in [1.165, 1.54) is 23.5 Å². The monoisotopic (exact) mass is 401 g/mol. The number of hydrogen-bond acceptors (Lipinski definition) is 7. The molecule has 1 fully saturated rings. The molecular formula is C18H19N5O4S. The summed E-state index contributed by atoms with van der Waals surface area (Å²) in [6.45, 7) is 2.70. The van der Waals surface area contributed by atoms with Crippen molar-refractivity contribution >= 4 is 32.7 Å². The van der Waals surface area contributed by atoms with Crippen LogP contribution in [0.25, 0.3) is 22.2 Å². The molecule has 0 saturated carbocycles. The molecule has 3 aromatic heterocycles. The lowest BCUT2D eigenvalue weighted by Crippen LogP contribution is -2.40. The third kappa shape index (κ3) is 3.15. The summed E-state index contributed by atoms with van der Waals surface area (Å²) in [6, 6.07) is 3.28. The van der Waals surface area contributed by atoms with Gasteiger partial charge in [0.25, 0.3) is 0 Å². The average Bonchev–Trinajstić information content (AvgIpc) is 3.12. The third-order valence-electron chi connectivity index (χ3n) is 4.71. The van der Waals surface area contributed by atoms with Crippen LogP contribution in [0.3, 0.4) is 0 Å². The summed E-state index contributed by atoms with van der Waals surface area (Å²) in [5.74, 6) is -0.147. The number of fused-ring (bicyclic) bond motifs is 1. The van der Waals surface area contributed by atoms with Gasteiger partial charge in [-0.15, -0.1) is 0 Å². The van der Waals surface area contributed by atoms with Gasteiger partial charge in [0.1, 0.15) is 16.4 Å². The first kappa shape index (κ1) is 18.5. The molecule has 4 rings (SSSR count). The Hall–Kier alpha value is -2.82. The van der Waals surface area contributed by atoms with Crippen LogP contribution < -0.4 is 5.73 Å². The first-order valence-electron chi connectivity index (χ1n) is 8.70. The van der Waals surface area contributed by atoms with Gasteiger partial charge in [0.2, 0.25) is 10.0 Å². The maximum atomic E-state index is 13.0. The van der Waals surface area contributed by atoms with E-state index in [1.54, 1.807) is 18.5 Å². The van der Waals surface area contributed by atoms with Gasteiger partial charge in [-0.1, -0.05) is 0 Å². The minimum Gasteiger partial charge on any atom is -0.383 e. The van der Waals surface area contributed by atoms with E-state index in [2.05, 4.69) is 15.0 Å². The van der Waals surface area contributed by atoms with Crippen molar-refractivity contribution in [3.8, 4) is 11.1 Å². The average molecular weight is 401 g/mol. The number of H-pyrrole nitrogens is 1. The number of carbonyl (C=O) groups is 1. The van der Waals surface area contributed by atoms with E-state index < -0.39 is 10.0 Å². The highest BCUT2D eigenvalue weighted by Gasteiger charge is 2.29. The number of ketones is 1. The standard InChI is InChI=1S/C18H19N5O4S/c1-11(24)15-10-22-18-14(15)6-12(9-21-18)13-7-16(17(19)20-8-13)28(25,26)23-2-4-27-5-3-23/h6-10H,2-5H2,1H3,(H2,19,20)(H,21,22). The lowest BCUT2D eigenvalue weighted by molar-refractivity contribution is 0.0730. The van der Waals surface area contributed by atoms with Gasteiger partial charge in [-0.25, -0.2) is 18.4 Å². The van der Waals surface area contributed by atoms with Crippen molar-refractivity contribution in [1.82, 2.24) is 19.3 Å². The fourth-order valence-corrected chi connectivity index (χ4v) is 4.70. The fourth-order valence-electron chi connectivity index (χ4n) is 3.20. The van der Waals surface area contributed by atoms with E-state index in [1.807, 2.05) is 0 Å². The number of ether oxygens (including phenoxy) is 1. The van der Waals surface area contributed by atoms with Gasteiger partial charge in [0.15, 0.2) is 5.78 Å². The lowest BCUT2D eigenvalue weighted by atomic mass is 10.1. The van der Waals surface area contributed by atoms with Crippen LogP contribution >= 0.6 is 0 Å². The second-order valence-electron chi connectivity index (χ2n) is 6.50. The molecule has 0 unspecified atom stereocenters. The number of nitrogen functional groups attached to an aromatic ring is 1. The molecule has 9 nitrogen and oxygen atoms in total. The van der Waals surface area contributed by atoms with Crippen LogP contribution in [0.1, 0.15) is 17.3 Å². The number of aromatic nitrogens is 3. The van der Waals surface area contributed by atoms with Crippen LogP contribution in [0.15, 0.2) is 35.6 Å². The Morgan fingerprint density at radius 3 is 2.57 bits per heavy atom. The lowest BCUT2D eigenvalue weighted by Gasteiger charge is -2.26. The second-order valence-corrected chi connectivity index (χ2v) is 8.41. The molecule has 1 aliphatic rings. The van der Waals surface area contributed by atoms with E-state index in [9.17, 15) is 13.2 Å². The van der Waals surface area contributed by atoms with Crippen molar-refractivity contribution in [3.63, 3.8) is 0 Å². The molecule has 1 aliphatic heterocycles. The zero-order valence-electron chi connectivity index (χ0n) is 15.2. The SMILES string of the molecule is CC(=O)c1c[nH]c2ncc(-c3cnc(N)c(S(=O)(=O)N4CCOCC4)c3)cc12. The Balaban J connectivity index is 1.80. The number of nitrogens with two attached hydrogens (primary N) is 1. The van der Waals surface area contributed by atoms with Gasteiger partial charge in [0, 0.05) is 53.8 Å². The first-order valence-corrected chi connectivity index (χ1v) is 10.1. The Morgan fingerprint density at radius 1 is 1.18 bits per heavy atom. The summed E-state index contributed by atoms with van der Waals surface area (Å²) in [5, 5.41) is 0.666. The minimum absolute atomic E-state index is 0.0483. The Bertz CT molecular complexity index is 1170. The van der Waals surface area contributed by atoms with Gasteiger partial charge in [0.05, 0.1) is 13.2 Å². The topological polar surface area (TPSA) is 131 Å². The number of nitrogens with zero attached hydrogens (tertiary/aromatic N) is 3. The number of morpholine rings is 1. The summed E-state index contributed by atoms with van der Waals surface area (Å²) in [4.78, 5) is 23.1. The Morgan fingerprint density at radius 2 is 1.86 bits per heavy atom. The smallest absolute Gasteiger partial charge is 0.246 e. The second kappa shape index (κ2) is 6.97. The zero-order chi connectivity index (χ0) is 19.9. The predicted octanol–water partition coefficient (Wildman–Crippen LogP) is 1.43. The van der Waals surface area contributed by atoms with E-state index in [0.29, 0.717) is 40.9 Å². The van der Waals surface area contributed by atoms with Crippen LogP contribution in [0, 0.1) is 0 Å². The summed E-state index contributed by atoms with van der Waals surface area (Å²) in [7, 11) is -3.79. The summed E-state index contributed by atoms with van der Waals surface area (Å²) in [5.41, 5.74) is 8.18. The largest absolute Gasteiger partial charge is 0.383 e. The van der Waals surface area contributed by atoms with Crippen molar-refractivity contribution in [1.29, 1.82) is 0 Å². The van der Waals surface area contributed by atoms with Crippen molar-refractivity contribution < 1.29 is 17.9 Å². The van der Waals surface area contributed by atoms with Crippen LogP contribution in [-0.2, 0) is 14.8 Å². The Kier molecular flexibility index (Phi) is 4.61. The van der Waals surface area contributed by atoms with Crippen LogP contribution in [0.4, 0.5) is 5.82 Å². The zero-order valence-corrected chi connectivity index (χ0v) is 16.0. The van der Waals surface area contributed by atoms with Gasteiger partial charge in [-0.2, -0.15) is 4.31 Å². The summed E-state index contributed by atoms with van der Waals surface area (Å²) >= 11 is 0. The molecule has 0 radical (unpaired) electrons. The Labute approximate surface area is 161 Å². The number of Topliss-reactive ketones (excluding diaryl/α,β-unsaturated/α-hetero) is 1. The molecule has 3 N–H and O–H groups in total. The number of rotatable bonds is 4. The van der Waals surface area contributed by atoms with Gasteiger partial charge >= 0.3 is 0 Å². The molecule has 0 bridgehead atoms. The van der Waals surface area contributed by atoms with Crippen molar-refractivity contribution in [2.75, 3.05) is 32.0 Å². The quantitative estimate of drug-likeness (QED) is 0.632. The van der Waals surface area contributed by atoms with Gasteiger partial charge in [-0.3, -0.25) is 4.79 Å². The number of hydrogen-bond donors (Lipinski definition) is 2. The number of carbonyl (C=O) groups excluding carboxylic acids is 1. The summed E-state index contributed by atoms with van der Waals surface area (Å²) in [6.07, 6.45) is 4.71. The highest BCUT2D eigenvalue weighted by atomic mass is 32.2. The van der Waals surface area contributed by atoms with Crippen LogP contribution in [0.5, 0.6) is 0 Å². The number of pyridine rings is 2. The van der Waals surface area contributed by atoms with Crippen LogP contribution in [0.2, 0.25) is 0 Å². The highest BCUT2D eigenvalue weighted by molar-refractivity contribution is 7.89. The number of aromatic amines is 1. The molecule has 0 aromatic carbocycles. The number of sulfonamides is 1. The maximum Gasteiger partial charge on any atom is 0.246 e. The molecule has 0 aliphatic carbocycles. The highest BCUT2D eigenvalue weighted by Crippen LogP contribution is 2.29. The molecule has 10 heteroatoms. The number of anilines is 1. The van der Waals surface area contributed by atoms with E-state index in [0.717, 1.165) is 0 Å². The van der Waals surface area contributed by atoms with E-state index in [-0.39, 0.29) is 29.6 Å². The molecule has 0 atom stereocenters. The molecule has 1 saturated heterocycles. The minimum atomic E-state index is -3.79. The fraction of sp³-hybridized carbons (Fsp3) is 0.278. The van der Waals surface area contributed by atoms with Crippen molar-refractivity contribution in [2.45, 2.75) is 11.8 Å². The van der Waals surface area contributed by atoms with E-state index >= 15 is 0 Å². The first-order chi connectivity index (χ1) is 13.4. The molecule has 3 aromatic rings. The predicted molar refractivity (Wildman–Crippen MR) is 103 cm³/mol. The molecular weight excluding hydrogens is 382 g/mol. The van der Waals surface area contributed by atoms with E-state index in [4.69, 9.17) is 10.5 Å². The van der Waals surface area contributed by atoms with Crippen molar-refractivity contribution in [3.05, 3.63) is 36.3 Å². The van der Waals surface area contributed by atoms with Gasteiger partial charge < -0.3 is 15.5 Å². The van der Waals surface area contributed by atoms with Crippen molar-refractivity contribution in [2.24, 2.45) is 0 Å². The molecule has 0 amide bonds. The number of nitrogens with one attached hydrogen (secondary N) is 1. The third-order valence-corrected chi connectivity index (χ3v) is 6.64. The molecule has 28 heavy (non-hydrogen) atoms. The summed E-state index contributed by atoms with van der Waals surface area (Å²) < 4.78 is 32.6. The molecule has 0 spiro atoms. The maximum absolute atomic E-state index is 13.0. The van der Waals surface area contributed by atoms with Crippen LogP contribution in [-0.4, -0.2) is 59.8 Å². The normalized spacial score (nSPS) is 15.8. The molecule has 146 valence electrons. The van der Waals surface area contributed by atoms with Gasteiger partial charge in [-0.05, 0) is 19.1 Å². The molecule has 4 heterocycles.